The number of H-pyrrole nitrogens is 1. The summed E-state index contributed by atoms with van der Waals surface area (Å²) in [7, 11) is 2.11. The summed E-state index contributed by atoms with van der Waals surface area (Å²) in [5, 5.41) is 5.25. The average molecular weight is 452 g/mol. The molecule has 8 nitrogen and oxygen atoms in total. The van der Waals surface area contributed by atoms with E-state index in [0.717, 1.165) is 45.9 Å². The fourth-order valence-corrected chi connectivity index (χ4v) is 4.30. The predicted molar refractivity (Wildman–Crippen MR) is 127 cm³/mol. The van der Waals surface area contributed by atoms with E-state index in [0.29, 0.717) is 12.4 Å². The van der Waals surface area contributed by atoms with Crippen molar-refractivity contribution in [2.45, 2.75) is 32.4 Å². The van der Waals surface area contributed by atoms with Crippen LogP contribution in [-0.2, 0) is 23.3 Å². The minimum absolute atomic E-state index is 0.399. The molecule has 1 N–H and O–H groups in total. The molecule has 168 valence electrons. The number of aromatic amines is 1. The number of hydrogen-bond acceptors (Lipinski definition) is 5. The second-order valence-corrected chi connectivity index (χ2v) is 14.8. The molecule has 4 aromatic heterocycles. The molecule has 0 atom stereocenters. The topological polar surface area (TPSA) is 87.0 Å². The first-order chi connectivity index (χ1) is 15.2. The zero-order valence-electron chi connectivity index (χ0n) is 19.2. The van der Waals surface area contributed by atoms with Gasteiger partial charge in [0.05, 0.1) is 13.3 Å². The Hall–Kier alpha value is -3.17. The van der Waals surface area contributed by atoms with Crippen LogP contribution in [0.1, 0.15) is 10.5 Å². The Morgan fingerprint density at radius 1 is 1.12 bits per heavy atom. The molecule has 4 rings (SSSR count). The quantitative estimate of drug-likeness (QED) is 0.242. The van der Waals surface area contributed by atoms with Gasteiger partial charge in [0, 0.05) is 74.2 Å². The minimum atomic E-state index is -1.16. The fourth-order valence-electron chi connectivity index (χ4n) is 3.55. The van der Waals surface area contributed by atoms with E-state index in [2.05, 4.69) is 35.8 Å². The van der Waals surface area contributed by atoms with Crippen molar-refractivity contribution in [1.29, 1.82) is 0 Å². The van der Waals surface area contributed by atoms with Gasteiger partial charge in [-0.3, -0.25) is 4.68 Å². The molecule has 0 saturated heterocycles. The SMILES string of the molecule is COC(=O)c1cc(-c2cn(COCC[Si](C)(C)C)c3ncc(-c4cnn(C)c4)cc23)c[nH]1. The number of carbonyl (C=O) groups excluding carboxylic acids is 1. The molecular formula is C23H29N5O3Si. The van der Waals surface area contributed by atoms with E-state index >= 15 is 0 Å². The van der Waals surface area contributed by atoms with Crippen LogP contribution >= 0.6 is 0 Å². The summed E-state index contributed by atoms with van der Waals surface area (Å²) in [6.45, 7) is 8.17. The molecule has 4 heterocycles. The van der Waals surface area contributed by atoms with E-state index in [9.17, 15) is 4.79 Å². The van der Waals surface area contributed by atoms with Crippen LogP contribution in [-0.4, -0.2) is 52.1 Å². The molecular weight excluding hydrogens is 422 g/mol. The second-order valence-electron chi connectivity index (χ2n) is 9.15. The molecule has 0 aliphatic rings. The summed E-state index contributed by atoms with van der Waals surface area (Å²) in [6.07, 6.45) is 9.49. The van der Waals surface area contributed by atoms with Gasteiger partial charge < -0.3 is 19.0 Å². The molecule has 9 heteroatoms. The maximum absolute atomic E-state index is 11.9. The number of nitrogens with zero attached hydrogens (tertiary/aromatic N) is 4. The van der Waals surface area contributed by atoms with Crippen LogP contribution in [0, 0.1) is 0 Å². The van der Waals surface area contributed by atoms with Crippen LogP contribution in [0.3, 0.4) is 0 Å². The normalized spacial score (nSPS) is 11.9. The number of esters is 1. The number of fused-ring (bicyclic) bond motifs is 1. The number of carbonyl (C=O) groups is 1. The van der Waals surface area contributed by atoms with E-state index < -0.39 is 14.0 Å². The molecule has 0 fully saturated rings. The average Bonchev–Trinajstić information content (AvgIpc) is 3.48. The molecule has 0 aliphatic heterocycles. The maximum atomic E-state index is 11.9. The first kappa shape index (κ1) is 22.0. The Morgan fingerprint density at radius 2 is 1.94 bits per heavy atom. The maximum Gasteiger partial charge on any atom is 0.354 e. The highest BCUT2D eigenvalue weighted by Crippen LogP contribution is 2.33. The Bertz CT molecular complexity index is 1250. The van der Waals surface area contributed by atoms with Crippen LogP contribution in [0.5, 0.6) is 0 Å². The van der Waals surface area contributed by atoms with Crippen molar-refractivity contribution in [2.24, 2.45) is 7.05 Å². The van der Waals surface area contributed by atoms with Gasteiger partial charge in [-0.1, -0.05) is 19.6 Å². The number of hydrogen-bond donors (Lipinski definition) is 1. The zero-order chi connectivity index (χ0) is 22.9. The number of methoxy groups -OCH3 is 1. The summed E-state index contributed by atoms with van der Waals surface area (Å²) in [6, 6.07) is 5.02. The molecule has 0 saturated carbocycles. The number of aromatic nitrogens is 5. The molecule has 0 bridgehead atoms. The standard InChI is InChI=1S/C23H29N5O3Si/c1-27-13-18(12-26-27)16-8-19-20(17-9-21(24-11-17)23(29)30-2)14-28(22(19)25-10-16)15-31-6-7-32(3,4)5/h8-14,24H,6-7,15H2,1-5H3. The molecule has 32 heavy (non-hydrogen) atoms. The van der Waals surface area contributed by atoms with Crippen molar-refractivity contribution in [3.63, 3.8) is 0 Å². The number of aryl methyl sites for hydroxylation is 1. The lowest BCUT2D eigenvalue weighted by molar-refractivity contribution is 0.0595. The van der Waals surface area contributed by atoms with Crippen LogP contribution < -0.4 is 0 Å². The van der Waals surface area contributed by atoms with Gasteiger partial charge in [-0.15, -0.1) is 0 Å². The van der Waals surface area contributed by atoms with E-state index in [1.165, 1.54) is 7.11 Å². The van der Waals surface area contributed by atoms with E-state index in [1.54, 1.807) is 10.7 Å². The largest absolute Gasteiger partial charge is 0.464 e. The number of ether oxygens (including phenoxy) is 2. The number of rotatable bonds is 8. The van der Waals surface area contributed by atoms with Gasteiger partial charge in [-0.25, -0.2) is 9.78 Å². The van der Waals surface area contributed by atoms with Crippen molar-refractivity contribution >= 4 is 25.1 Å². The van der Waals surface area contributed by atoms with Gasteiger partial charge in [0.15, 0.2) is 0 Å². The predicted octanol–water partition coefficient (Wildman–Crippen LogP) is 4.53. The third-order valence-corrected chi connectivity index (χ3v) is 7.08. The van der Waals surface area contributed by atoms with Crippen molar-refractivity contribution in [3.8, 4) is 22.3 Å². The van der Waals surface area contributed by atoms with Crippen molar-refractivity contribution in [2.75, 3.05) is 13.7 Å². The monoisotopic (exact) mass is 451 g/mol. The number of nitrogens with one attached hydrogen (secondary N) is 1. The van der Waals surface area contributed by atoms with Gasteiger partial charge in [0.2, 0.25) is 0 Å². The van der Waals surface area contributed by atoms with Gasteiger partial charge in [-0.05, 0) is 18.2 Å². The highest BCUT2D eigenvalue weighted by molar-refractivity contribution is 6.76. The Balaban J connectivity index is 1.72. The fraction of sp³-hybridized carbons (Fsp3) is 0.348. The van der Waals surface area contributed by atoms with Crippen LogP contribution in [0.4, 0.5) is 0 Å². The number of pyridine rings is 1. The van der Waals surface area contributed by atoms with Crippen molar-refractivity contribution in [3.05, 3.63) is 48.8 Å². The van der Waals surface area contributed by atoms with Crippen molar-refractivity contribution < 1.29 is 14.3 Å². The second kappa shape index (κ2) is 8.76. The van der Waals surface area contributed by atoms with E-state index in [4.69, 9.17) is 14.5 Å². The van der Waals surface area contributed by atoms with E-state index in [1.807, 2.05) is 42.6 Å². The third-order valence-electron chi connectivity index (χ3n) is 5.38. The third kappa shape index (κ3) is 4.68. The Kier molecular flexibility index (Phi) is 6.03. The van der Waals surface area contributed by atoms with E-state index in [-0.39, 0.29) is 0 Å². The highest BCUT2D eigenvalue weighted by atomic mass is 28.3. The van der Waals surface area contributed by atoms with Gasteiger partial charge in [-0.2, -0.15) is 5.10 Å². The summed E-state index contributed by atoms with van der Waals surface area (Å²) in [4.78, 5) is 19.7. The van der Waals surface area contributed by atoms with Crippen LogP contribution in [0.15, 0.2) is 43.1 Å². The van der Waals surface area contributed by atoms with Crippen LogP contribution in [0.25, 0.3) is 33.3 Å². The Morgan fingerprint density at radius 3 is 2.62 bits per heavy atom. The molecule has 0 radical (unpaired) electrons. The molecule has 0 unspecified atom stereocenters. The molecule has 0 aliphatic carbocycles. The van der Waals surface area contributed by atoms with Gasteiger partial charge >= 0.3 is 5.97 Å². The summed E-state index contributed by atoms with van der Waals surface area (Å²) in [5.41, 5.74) is 5.08. The summed E-state index contributed by atoms with van der Waals surface area (Å²) >= 11 is 0. The lowest BCUT2D eigenvalue weighted by atomic mass is 10.1. The van der Waals surface area contributed by atoms with Crippen molar-refractivity contribution in [1.82, 2.24) is 24.3 Å². The highest BCUT2D eigenvalue weighted by Gasteiger charge is 2.17. The lowest BCUT2D eigenvalue weighted by Gasteiger charge is -2.15. The first-order valence-corrected chi connectivity index (χ1v) is 14.3. The zero-order valence-corrected chi connectivity index (χ0v) is 20.2. The van der Waals surface area contributed by atoms with Gasteiger partial charge in [0.1, 0.15) is 18.1 Å². The lowest BCUT2D eigenvalue weighted by Crippen LogP contribution is -2.22. The summed E-state index contributed by atoms with van der Waals surface area (Å²) in [5.74, 6) is -0.399. The smallest absolute Gasteiger partial charge is 0.354 e. The Labute approximate surface area is 188 Å². The summed E-state index contributed by atoms with van der Waals surface area (Å²) < 4.78 is 14.6. The molecule has 0 aromatic carbocycles. The molecule has 0 amide bonds. The molecule has 0 spiro atoms. The first-order valence-electron chi connectivity index (χ1n) is 10.6. The minimum Gasteiger partial charge on any atom is -0.464 e. The van der Waals surface area contributed by atoms with Gasteiger partial charge in [0.25, 0.3) is 0 Å². The molecule has 4 aromatic rings. The van der Waals surface area contributed by atoms with Crippen LogP contribution in [0.2, 0.25) is 25.7 Å².